The van der Waals surface area contributed by atoms with Gasteiger partial charge in [0.15, 0.2) is 0 Å². The molecule has 2 atom stereocenters. The second kappa shape index (κ2) is 6.07. The second-order valence-corrected chi connectivity index (χ2v) is 6.64. The summed E-state index contributed by atoms with van der Waals surface area (Å²) in [5, 5.41) is 8.05. The summed E-state index contributed by atoms with van der Waals surface area (Å²) in [6, 6.07) is 2.11. The zero-order valence-electron chi connectivity index (χ0n) is 13.4. The van der Waals surface area contributed by atoms with Crippen molar-refractivity contribution in [2.75, 3.05) is 0 Å². The van der Waals surface area contributed by atoms with Crippen molar-refractivity contribution in [2.24, 2.45) is 5.92 Å². The van der Waals surface area contributed by atoms with Gasteiger partial charge in [0.05, 0.1) is 16.6 Å². The Morgan fingerprint density at radius 3 is 2.86 bits per heavy atom. The summed E-state index contributed by atoms with van der Waals surface area (Å²) in [7, 11) is 0. The zero-order valence-corrected chi connectivity index (χ0v) is 13.4. The summed E-state index contributed by atoms with van der Waals surface area (Å²) < 4.78 is 5.22. The van der Waals surface area contributed by atoms with Gasteiger partial charge in [0.25, 0.3) is 11.6 Å². The Hall–Kier alpha value is -1.91. The third-order valence-corrected chi connectivity index (χ3v) is 4.59. The number of aromatic nitrogens is 2. The molecular formula is C17H23N3O2. The molecule has 0 aliphatic heterocycles. The highest BCUT2D eigenvalue weighted by Crippen LogP contribution is 2.26. The number of amides is 1. The van der Waals surface area contributed by atoms with E-state index >= 15 is 0 Å². The van der Waals surface area contributed by atoms with E-state index in [1.165, 1.54) is 19.3 Å². The molecule has 0 radical (unpaired) electrons. The van der Waals surface area contributed by atoms with Gasteiger partial charge in [-0.1, -0.05) is 38.8 Å². The maximum absolute atomic E-state index is 12.5. The van der Waals surface area contributed by atoms with Gasteiger partial charge in [-0.15, -0.1) is 0 Å². The molecule has 5 nitrogen and oxygen atoms in total. The van der Waals surface area contributed by atoms with Crippen molar-refractivity contribution >= 4 is 17.0 Å². The summed E-state index contributed by atoms with van der Waals surface area (Å²) >= 11 is 0. The van der Waals surface area contributed by atoms with Crippen LogP contribution in [-0.4, -0.2) is 22.1 Å². The fourth-order valence-corrected chi connectivity index (χ4v) is 3.17. The number of hydrogen-bond donors (Lipinski definition) is 1. The van der Waals surface area contributed by atoms with Crippen molar-refractivity contribution in [3.63, 3.8) is 0 Å². The van der Waals surface area contributed by atoms with Crippen molar-refractivity contribution in [3.8, 4) is 0 Å². The summed E-state index contributed by atoms with van der Waals surface area (Å²) in [5.74, 6) is 0.722. The van der Waals surface area contributed by atoms with Gasteiger partial charge in [0.2, 0.25) is 0 Å². The minimum Gasteiger partial charge on any atom is -0.349 e. The standard InChI is InChI=1S/C17H23N3O2/c1-10(2)15-13-8-12(9-18-17(13)22-20-15)16(21)19-14-7-5-4-6-11(14)3/h8-11,14H,4-7H2,1-3H3,(H,19,21). The van der Waals surface area contributed by atoms with E-state index in [0.717, 1.165) is 17.5 Å². The molecule has 1 aliphatic carbocycles. The van der Waals surface area contributed by atoms with Crippen LogP contribution in [0.3, 0.4) is 0 Å². The van der Waals surface area contributed by atoms with Crippen molar-refractivity contribution in [1.29, 1.82) is 0 Å². The lowest BCUT2D eigenvalue weighted by Crippen LogP contribution is -2.41. The molecule has 2 heterocycles. The molecular weight excluding hydrogens is 278 g/mol. The van der Waals surface area contributed by atoms with Crippen LogP contribution in [0.2, 0.25) is 0 Å². The normalized spacial score (nSPS) is 22.2. The van der Waals surface area contributed by atoms with E-state index in [1.54, 1.807) is 6.20 Å². The van der Waals surface area contributed by atoms with E-state index in [4.69, 9.17) is 4.52 Å². The Balaban J connectivity index is 1.83. The Morgan fingerprint density at radius 1 is 1.36 bits per heavy atom. The molecule has 1 N–H and O–H groups in total. The van der Waals surface area contributed by atoms with Gasteiger partial charge in [-0.2, -0.15) is 0 Å². The predicted molar refractivity (Wildman–Crippen MR) is 84.8 cm³/mol. The van der Waals surface area contributed by atoms with Gasteiger partial charge in [-0.3, -0.25) is 4.79 Å². The summed E-state index contributed by atoms with van der Waals surface area (Å²) in [5.41, 5.74) is 1.92. The number of carbonyl (C=O) groups excluding carboxylic acids is 1. The summed E-state index contributed by atoms with van der Waals surface area (Å²) in [6.45, 7) is 6.31. The number of rotatable bonds is 3. The van der Waals surface area contributed by atoms with Gasteiger partial charge in [0, 0.05) is 12.2 Å². The molecule has 2 aromatic heterocycles. The van der Waals surface area contributed by atoms with Crippen LogP contribution in [0.5, 0.6) is 0 Å². The number of pyridine rings is 1. The first kappa shape index (κ1) is 15.0. The van der Waals surface area contributed by atoms with Crippen LogP contribution in [0.1, 0.15) is 68.4 Å². The van der Waals surface area contributed by atoms with Crippen LogP contribution < -0.4 is 5.32 Å². The van der Waals surface area contributed by atoms with E-state index in [1.807, 2.05) is 19.9 Å². The topological polar surface area (TPSA) is 68.0 Å². The van der Waals surface area contributed by atoms with Gasteiger partial charge >= 0.3 is 0 Å². The number of nitrogens with one attached hydrogen (secondary N) is 1. The molecule has 1 fully saturated rings. The molecule has 1 saturated carbocycles. The monoisotopic (exact) mass is 301 g/mol. The lowest BCUT2D eigenvalue weighted by molar-refractivity contribution is 0.0910. The van der Waals surface area contributed by atoms with E-state index in [0.29, 0.717) is 17.2 Å². The highest BCUT2D eigenvalue weighted by atomic mass is 16.5. The Kier molecular flexibility index (Phi) is 4.14. The Morgan fingerprint density at radius 2 is 2.14 bits per heavy atom. The average molecular weight is 301 g/mol. The molecule has 0 spiro atoms. The summed E-state index contributed by atoms with van der Waals surface area (Å²) in [4.78, 5) is 16.7. The minimum atomic E-state index is -0.0518. The molecule has 2 aromatic rings. The molecule has 5 heteroatoms. The van der Waals surface area contributed by atoms with Gasteiger partial charge in [-0.25, -0.2) is 4.98 Å². The lowest BCUT2D eigenvalue weighted by atomic mass is 9.86. The van der Waals surface area contributed by atoms with Crippen molar-refractivity contribution in [3.05, 3.63) is 23.5 Å². The van der Waals surface area contributed by atoms with Gasteiger partial charge in [-0.05, 0) is 30.7 Å². The number of hydrogen-bond acceptors (Lipinski definition) is 4. The molecule has 2 unspecified atom stereocenters. The van der Waals surface area contributed by atoms with Crippen molar-refractivity contribution in [1.82, 2.24) is 15.5 Å². The SMILES string of the molecule is CC(C)c1noc2ncc(C(=O)NC3CCCCC3C)cc12. The molecule has 0 aromatic carbocycles. The van der Waals surface area contributed by atoms with Gasteiger partial charge in [0.1, 0.15) is 0 Å². The van der Waals surface area contributed by atoms with E-state index in [-0.39, 0.29) is 17.9 Å². The first-order valence-corrected chi connectivity index (χ1v) is 8.12. The van der Waals surface area contributed by atoms with Crippen molar-refractivity contribution in [2.45, 2.75) is 58.4 Å². The Labute approximate surface area is 130 Å². The number of nitrogens with zero attached hydrogens (tertiary/aromatic N) is 2. The molecule has 0 saturated heterocycles. The first-order chi connectivity index (χ1) is 10.6. The second-order valence-electron chi connectivity index (χ2n) is 6.64. The van der Waals surface area contributed by atoms with E-state index in [2.05, 4.69) is 22.4 Å². The highest BCUT2D eigenvalue weighted by Gasteiger charge is 2.24. The average Bonchev–Trinajstić information content (AvgIpc) is 2.92. The molecule has 118 valence electrons. The zero-order chi connectivity index (χ0) is 15.7. The fourth-order valence-electron chi connectivity index (χ4n) is 3.17. The van der Waals surface area contributed by atoms with E-state index in [9.17, 15) is 4.79 Å². The fraction of sp³-hybridized carbons (Fsp3) is 0.588. The van der Waals surface area contributed by atoms with Crippen molar-refractivity contribution < 1.29 is 9.32 Å². The van der Waals surface area contributed by atoms with Crippen LogP contribution in [0, 0.1) is 5.92 Å². The molecule has 1 aliphatic rings. The molecule has 1 amide bonds. The molecule has 3 rings (SSSR count). The number of carbonyl (C=O) groups is 1. The quantitative estimate of drug-likeness (QED) is 0.939. The van der Waals surface area contributed by atoms with Crippen LogP contribution in [0.4, 0.5) is 0 Å². The highest BCUT2D eigenvalue weighted by molar-refractivity contribution is 5.97. The van der Waals surface area contributed by atoms with Crippen LogP contribution >= 0.6 is 0 Å². The van der Waals surface area contributed by atoms with Crippen LogP contribution in [-0.2, 0) is 0 Å². The third-order valence-electron chi connectivity index (χ3n) is 4.59. The molecule has 22 heavy (non-hydrogen) atoms. The summed E-state index contributed by atoms with van der Waals surface area (Å²) in [6.07, 6.45) is 6.27. The Bertz CT molecular complexity index is 678. The third kappa shape index (κ3) is 2.85. The maximum atomic E-state index is 12.5. The molecule has 0 bridgehead atoms. The smallest absolute Gasteiger partial charge is 0.257 e. The van der Waals surface area contributed by atoms with E-state index < -0.39 is 0 Å². The van der Waals surface area contributed by atoms with Crippen LogP contribution in [0.15, 0.2) is 16.8 Å². The largest absolute Gasteiger partial charge is 0.349 e. The first-order valence-electron chi connectivity index (χ1n) is 8.12. The maximum Gasteiger partial charge on any atom is 0.257 e. The number of fused-ring (bicyclic) bond motifs is 1. The van der Waals surface area contributed by atoms with Gasteiger partial charge < -0.3 is 9.84 Å². The lowest BCUT2D eigenvalue weighted by Gasteiger charge is -2.29. The van der Waals surface area contributed by atoms with Crippen LogP contribution in [0.25, 0.3) is 11.1 Å². The minimum absolute atomic E-state index is 0.0518. The predicted octanol–water partition coefficient (Wildman–Crippen LogP) is 3.65.